The third-order valence-electron chi connectivity index (χ3n) is 5.53. The number of para-hydroxylation sites is 1. The van der Waals surface area contributed by atoms with Crippen molar-refractivity contribution >= 4 is 5.69 Å². The maximum absolute atomic E-state index is 11.0. The highest BCUT2D eigenvalue weighted by Crippen LogP contribution is 2.15. The first kappa shape index (κ1) is 24.9. The SMILES string of the molecule is CC(O)CN(CC(O)CN(CCNCc1ccccc1)Cc1ccccc1)c1ccccc1. The van der Waals surface area contributed by atoms with E-state index in [4.69, 9.17) is 0 Å². The Balaban J connectivity index is 1.58. The van der Waals surface area contributed by atoms with E-state index in [1.165, 1.54) is 11.1 Å². The molecule has 3 rings (SSSR count). The Morgan fingerprint density at radius 2 is 1.30 bits per heavy atom. The van der Waals surface area contributed by atoms with E-state index in [9.17, 15) is 10.2 Å². The largest absolute Gasteiger partial charge is 0.392 e. The van der Waals surface area contributed by atoms with Crippen molar-refractivity contribution in [1.82, 2.24) is 10.2 Å². The van der Waals surface area contributed by atoms with Gasteiger partial charge in [-0.3, -0.25) is 4.90 Å². The van der Waals surface area contributed by atoms with E-state index in [0.717, 1.165) is 31.9 Å². The number of anilines is 1. The normalized spacial score (nSPS) is 13.1. The van der Waals surface area contributed by atoms with Gasteiger partial charge >= 0.3 is 0 Å². The summed E-state index contributed by atoms with van der Waals surface area (Å²) in [4.78, 5) is 4.35. The molecular weight excluding hydrogens is 410 g/mol. The molecule has 3 N–H and O–H groups in total. The van der Waals surface area contributed by atoms with Gasteiger partial charge in [-0.15, -0.1) is 0 Å². The topological polar surface area (TPSA) is 59.0 Å². The molecule has 5 heteroatoms. The highest BCUT2D eigenvalue weighted by atomic mass is 16.3. The molecule has 0 saturated heterocycles. The van der Waals surface area contributed by atoms with Gasteiger partial charge in [0.25, 0.3) is 0 Å². The Morgan fingerprint density at radius 3 is 1.91 bits per heavy atom. The van der Waals surface area contributed by atoms with Gasteiger partial charge in [-0.25, -0.2) is 0 Å². The second kappa shape index (κ2) is 13.8. The number of hydrogen-bond donors (Lipinski definition) is 3. The van der Waals surface area contributed by atoms with Crippen LogP contribution in [0.2, 0.25) is 0 Å². The fourth-order valence-corrected chi connectivity index (χ4v) is 4.00. The van der Waals surface area contributed by atoms with Crippen molar-refractivity contribution in [2.75, 3.05) is 37.6 Å². The van der Waals surface area contributed by atoms with E-state index in [1.807, 2.05) is 42.5 Å². The summed E-state index contributed by atoms with van der Waals surface area (Å²) >= 11 is 0. The maximum Gasteiger partial charge on any atom is 0.0841 e. The molecule has 5 nitrogen and oxygen atoms in total. The number of rotatable bonds is 14. The van der Waals surface area contributed by atoms with Crippen molar-refractivity contribution in [1.29, 1.82) is 0 Å². The van der Waals surface area contributed by atoms with Crippen LogP contribution >= 0.6 is 0 Å². The summed E-state index contributed by atoms with van der Waals surface area (Å²) < 4.78 is 0. The van der Waals surface area contributed by atoms with Crippen molar-refractivity contribution < 1.29 is 10.2 Å². The summed E-state index contributed by atoms with van der Waals surface area (Å²) in [6.45, 7) is 6.58. The Hall–Kier alpha value is -2.70. The number of benzene rings is 3. The van der Waals surface area contributed by atoms with Crippen LogP contribution in [0.15, 0.2) is 91.0 Å². The molecule has 0 bridgehead atoms. The Labute approximate surface area is 198 Å². The van der Waals surface area contributed by atoms with Gasteiger partial charge in [0, 0.05) is 51.5 Å². The monoisotopic (exact) mass is 447 g/mol. The lowest BCUT2D eigenvalue weighted by atomic mass is 10.2. The zero-order valence-corrected chi connectivity index (χ0v) is 19.6. The van der Waals surface area contributed by atoms with Crippen molar-refractivity contribution in [2.24, 2.45) is 0 Å². The van der Waals surface area contributed by atoms with Gasteiger partial charge in [-0.2, -0.15) is 0 Å². The molecule has 33 heavy (non-hydrogen) atoms. The molecular formula is C28H37N3O2. The molecule has 176 valence electrons. The summed E-state index contributed by atoms with van der Waals surface area (Å²) in [5, 5.41) is 24.5. The van der Waals surface area contributed by atoms with E-state index >= 15 is 0 Å². The Bertz CT molecular complexity index is 891. The Morgan fingerprint density at radius 1 is 0.727 bits per heavy atom. The van der Waals surface area contributed by atoms with Crippen LogP contribution in [0.1, 0.15) is 18.1 Å². The van der Waals surface area contributed by atoms with Gasteiger partial charge in [0.2, 0.25) is 0 Å². The average molecular weight is 448 g/mol. The highest BCUT2D eigenvalue weighted by Gasteiger charge is 2.18. The van der Waals surface area contributed by atoms with Crippen LogP contribution in [0.3, 0.4) is 0 Å². The number of aliphatic hydroxyl groups excluding tert-OH is 2. The second-order valence-corrected chi connectivity index (χ2v) is 8.63. The predicted molar refractivity (Wildman–Crippen MR) is 136 cm³/mol. The Kier molecular flexibility index (Phi) is 10.4. The van der Waals surface area contributed by atoms with Crippen molar-refractivity contribution in [3.8, 4) is 0 Å². The minimum absolute atomic E-state index is 0.470. The van der Waals surface area contributed by atoms with Crippen LogP contribution in [0.25, 0.3) is 0 Å². The second-order valence-electron chi connectivity index (χ2n) is 8.63. The third-order valence-corrected chi connectivity index (χ3v) is 5.53. The molecule has 0 aliphatic heterocycles. The van der Waals surface area contributed by atoms with Crippen LogP contribution in [-0.4, -0.2) is 60.0 Å². The fraction of sp³-hybridized carbons (Fsp3) is 0.357. The third kappa shape index (κ3) is 9.36. The molecule has 0 aliphatic carbocycles. The van der Waals surface area contributed by atoms with Crippen LogP contribution in [0, 0.1) is 0 Å². The summed E-state index contributed by atoms with van der Waals surface area (Å²) in [6, 6.07) is 30.8. The smallest absolute Gasteiger partial charge is 0.0841 e. The van der Waals surface area contributed by atoms with Crippen molar-refractivity contribution in [3.63, 3.8) is 0 Å². The zero-order chi connectivity index (χ0) is 23.3. The quantitative estimate of drug-likeness (QED) is 0.330. The van der Waals surface area contributed by atoms with Gasteiger partial charge in [0.05, 0.1) is 12.2 Å². The van der Waals surface area contributed by atoms with Gasteiger partial charge in [0.1, 0.15) is 0 Å². The van der Waals surface area contributed by atoms with Gasteiger partial charge in [-0.1, -0.05) is 78.9 Å². The first-order chi connectivity index (χ1) is 16.1. The molecule has 3 aromatic rings. The molecule has 0 aromatic heterocycles. The number of aliphatic hydroxyl groups is 2. The van der Waals surface area contributed by atoms with E-state index in [-0.39, 0.29) is 0 Å². The minimum Gasteiger partial charge on any atom is -0.392 e. The molecule has 3 aromatic carbocycles. The van der Waals surface area contributed by atoms with Crippen molar-refractivity contribution in [3.05, 3.63) is 102 Å². The first-order valence-corrected chi connectivity index (χ1v) is 11.8. The number of hydrogen-bond acceptors (Lipinski definition) is 5. The standard InChI is InChI=1S/C28H37N3O2/c1-24(32)20-31(27-15-9-4-10-16-27)23-28(33)22-30(21-26-13-7-3-8-14-26)18-17-29-19-25-11-5-2-6-12-25/h2-16,24,28-29,32-33H,17-23H2,1H3. The van der Waals surface area contributed by atoms with Crippen LogP contribution in [-0.2, 0) is 13.1 Å². The van der Waals surface area contributed by atoms with Crippen LogP contribution in [0.5, 0.6) is 0 Å². The van der Waals surface area contributed by atoms with E-state index in [1.54, 1.807) is 6.92 Å². The lowest BCUT2D eigenvalue weighted by Gasteiger charge is -2.31. The highest BCUT2D eigenvalue weighted by molar-refractivity contribution is 5.46. The molecule has 0 saturated carbocycles. The number of nitrogens with one attached hydrogen (secondary N) is 1. The molecule has 0 spiro atoms. The summed E-state index contributed by atoms with van der Waals surface area (Å²) in [6.07, 6.45) is -1.01. The molecule has 0 radical (unpaired) electrons. The van der Waals surface area contributed by atoms with Gasteiger partial charge in [-0.05, 0) is 30.2 Å². The van der Waals surface area contributed by atoms with Gasteiger partial charge < -0.3 is 20.4 Å². The fourth-order valence-electron chi connectivity index (χ4n) is 4.00. The lowest BCUT2D eigenvalue weighted by Crippen LogP contribution is -2.43. The molecule has 0 amide bonds. The van der Waals surface area contributed by atoms with E-state index < -0.39 is 12.2 Å². The summed E-state index contributed by atoms with van der Waals surface area (Å²) in [5.74, 6) is 0. The lowest BCUT2D eigenvalue weighted by molar-refractivity contribution is 0.110. The zero-order valence-electron chi connectivity index (χ0n) is 19.6. The molecule has 0 heterocycles. The van der Waals surface area contributed by atoms with E-state index in [0.29, 0.717) is 19.6 Å². The predicted octanol–water partition coefficient (Wildman–Crippen LogP) is 3.53. The molecule has 2 unspecified atom stereocenters. The number of nitrogens with zero attached hydrogens (tertiary/aromatic N) is 2. The van der Waals surface area contributed by atoms with Crippen LogP contribution in [0.4, 0.5) is 5.69 Å². The van der Waals surface area contributed by atoms with E-state index in [2.05, 4.69) is 63.6 Å². The summed E-state index contributed by atoms with van der Waals surface area (Å²) in [7, 11) is 0. The molecule has 0 aliphatic rings. The maximum atomic E-state index is 11.0. The van der Waals surface area contributed by atoms with Crippen molar-refractivity contribution in [2.45, 2.75) is 32.2 Å². The molecule has 0 fully saturated rings. The van der Waals surface area contributed by atoms with Gasteiger partial charge in [0.15, 0.2) is 0 Å². The minimum atomic E-state index is -0.540. The summed E-state index contributed by atoms with van der Waals surface area (Å²) in [5.41, 5.74) is 3.51. The van der Waals surface area contributed by atoms with Crippen LogP contribution < -0.4 is 10.2 Å². The molecule has 2 atom stereocenters. The average Bonchev–Trinajstić information content (AvgIpc) is 2.83. The first-order valence-electron chi connectivity index (χ1n) is 11.8.